The van der Waals surface area contributed by atoms with E-state index in [1.54, 1.807) is 28.9 Å². The number of rotatable bonds is 4. The first-order valence-electron chi connectivity index (χ1n) is 6.22. The summed E-state index contributed by atoms with van der Waals surface area (Å²) in [7, 11) is 1.74. The molecule has 0 aliphatic heterocycles. The summed E-state index contributed by atoms with van der Waals surface area (Å²) in [6, 6.07) is 11.4. The van der Waals surface area contributed by atoms with Crippen LogP contribution in [0.25, 0.3) is 5.69 Å². The van der Waals surface area contributed by atoms with Crippen molar-refractivity contribution in [3.63, 3.8) is 0 Å². The zero-order valence-electron chi connectivity index (χ0n) is 11.2. The van der Waals surface area contributed by atoms with Crippen LogP contribution >= 0.6 is 0 Å². The van der Waals surface area contributed by atoms with Crippen LogP contribution in [0.3, 0.4) is 0 Å². The highest BCUT2D eigenvalue weighted by Crippen LogP contribution is 2.09. The van der Waals surface area contributed by atoms with E-state index in [0.717, 1.165) is 5.69 Å². The van der Waals surface area contributed by atoms with E-state index < -0.39 is 0 Å². The highest BCUT2D eigenvalue weighted by molar-refractivity contribution is 5.92. The van der Waals surface area contributed by atoms with E-state index in [1.165, 1.54) is 0 Å². The number of aromatic nitrogens is 2. The Balaban J connectivity index is 2.20. The molecule has 0 bridgehead atoms. The van der Waals surface area contributed by atoms with Crippen molar-refractivity contribution in [3.8, 4) is 5.69 Å². The number of carbonyl (C=O) groups excluding carboxylic acids is 1. The van der Waals surface area contributed by atoms with Crippen LogP contribution in [-0.2, 0) is 0 Å². The lowest BCUT2D eigenvalue weighted by Gasteiger charge is -2.22. The lowest BCUT2D eigenvalue weighted by atomic mass is 10.2. The van der Waals surface area contributed by atoms with Gasteiger partial charge in [0.05, 0.1) is 5.69 Å². The van der Waals surface area contributed by atoms with Crippen LogP contribution in [0, 0.1) is 0 Å². The Morgan fingerprint density at radius 2 is 2.05 bits per heavy atom. The average molecular weight is 258 g/mol. The monoisotopic (exact) mass is 258 g/mol. The molecule has 0 fully saturated rings. The summed E-state index contributed by atoms with van der Waals surface area (Å²) in [5.41, 5.74) is 6.92. The van der Waals surface area contributed by atoms with Gasteiger partial charge in [0, 0.05) is 25.8 Å². The predicted octanol–water partition coefficient (Wildman–Crippen LogP) is 1.29. The average Bonchev–Trinajstić information content (AvgIpc) is 2.95. The molecular formula is C14H18N4O. The molecule has 1 heterocycles. The molecule has 1 unspecified atom stereocenters. The Morgan fingerprint density at radius 3 is 2.68 bits per heavy atom. The fourth-order valence-electron chi connectivity index (χ4n) is 1.70. The Labute approximate surface area is 112 Å². The van der Waals surface area contributed by atoms with Gasteiger partial charge >= 0.3 is 0 Å². The fourth-order valence-corrected chi connectivity index (χ4v) is 1.70. The van der Waals surface area contributed by atoms with E-state index in [9.17, 15) is 4.79 Å². The highest BCUT2D eigenvalue weighted by Gasteiger charge is 2.18. The van der Waals surface area contributed by atoms with Gasteiger partial charge in [-0.25, -0.2) is 4.68 Å². The van der Waals surface area contributed by atoms with Crippen molar-refractivity contribution < 1.29 is 4.79 Å². The standard InChI is InChI=1S/C14H18N4O/c1-11(10-15)17(2)14(19)13-8-9-18(16-13)12-6-4-3-5-7-12/h3-9,11H,10,15H2,1-2H3. The summed E-state index contributed by atoms with van der Waals surface area (Å²) in [4.78, 5) is 13.8. The summed E-state index contributed by atoms with van der Waals surface area (Å²) in [6.45, 7) is 2.34. The molecule has 2 aromatic rings. The first kappa shape index (κ1) is 13.3. The van der Waals surface area contributed by atoms with Crippen molar-refractivity contribution in [1.29, 1.82) is 0 Å². The predicted molar refractivity (Wildman–Crippen MR) is 74.2 cm³/mol. The van der Waals surface area contributed by atoms with Crippen LogP contribution < -0.4 is 5.73 Å². The number of para-hydroxylation sites is 1. The molecule has 0 radical (unpaired) electrons. The molecule has 0 aliphatic carbocycles. The number of amides is 1. The number of hydrogen-bond acceptors (Lipinski definition) is 3. The van der Waals surface area contributed by atoms with Crippen LogP contribution in [0.1, 0.15) is 17.4 Å². The van der Waals surface area contributed by atoms with Gasteiger partial charge in [-0.05, 0) is 25.1 Å². The van der Waals surface area contributed by atoms with E-state index in [-0.39, 0.29) is 11.9 Å². The first-order valence-corrected chi connectivity index (χ1v) is 6.22. The minimum absolute atomic E-state index is 0.00521. The zero-order chi connectivity index (χ0) is 13.8. The number of carbonyl (C=O) groups is 1. The SMILES string of the molecule is CC(CN)N(C)C(=O)c1ccn(-c2ccccc2)n1. The summed E-state index contributed by atoms with van der Waals surface area (Å²) in [6.07, 6.45) is 1.78. The highest BCUT2D eigenvalue weighted by atomic mass is 16.2. The second-order valence-electron chi connectivity index (χ2n) is 4.48. The van der Waals surface area contributed by atoms with Crippen molar-refractivity contribution in [3.05, 3.63) is 48.3 Å². The van der Waals surface area contributed by atoms with Gasteiger partial charge in [0.15, 0.2) is 5.69 Å². The van der Waals surface area contributed by atoms with Gasteiger partial charge in [-0.3, -0.25) is 4.79 Å². The molecule has 100 valence electrons. The van der Waals surface area contributed by atoms with Crippen LogP contribution in [-0.4, -0.2) is 40.2 Å². The number of benzene rings is 1. The maximum absolute atomic E-state index is 12.2. The normalized spacial score (nSPS) is 12.2. The lowest BCUT2D eigenvalue weighted by Crippen LogP contribution is -2.39. The van der Waals surface area contributed by atoms with Gasteiger partial charge in [0.25, 0.3) is 5.91 Å². The molecule has 2 N–H and O–H groups in total. The third-order valence-corrected chi connectivity index (χ3v) is 3.15. The second kappa shape index (κ2) is 5.67. The van der Waals surface area contributed by atoms with Gasteiger partial charge < -0.3 is 10.6 Å². The third-order valence-electron chi connectivity index (χ3n) is 3.15. The van der Waals surface area contributed by atoms with Crippen molar-refractivity contribution >= 4 is 5.91 Å². The van der Waals surface area contributed by atoms with Crippen LogP contribution in [0.15, 0.2) is 42.6 Å². The molecule has 0 spiro atoms. The van der Waals surface area contributed by atoms with Gasteiger partial charge in [-0.1, -0.05) is 18.2 Å². The van der Waals surface area contributed by atoms with E-state index in [2.05, 4.69) is 5.10 Å². The van der Waals surface area contributed by atoms with Crippen LogP contribution in [0.4, 0.5) is 0 Å². The van der Waals surface area contributed by atoms with Crippen molar-refractivity contribution in [2.24, 2.45) is 5.73 Å². The Kier molecular flexibility index (Phi) is 3.97. The minimum atomic E-state index is -0.118. The van der Waals surface area contributed by atoms with E-state index >= 15 is 0 Å². The molecule has 0 aliphatic rings. The maximum atomic E-state index is 12.2. The Morgan fingerprint density at radius 1 is 1.37 bits per heavy atom. The molecule has 5 nitrogen and oxygen atoms in total. The molecular weight excluding hydrogens is 240 g/mol. The van der Waals surface area contributed by atoms with Crippen molar-refractivity contribution in [1.82, 2.24) is 14.7 Å². The summed E-state index contributed by atoms with van der Waals surface area (Å²) >= 11 is 0. The molecule has 19 heavy (non-hydrogen) atoms. The van der Waals surface area contributed by atoms with Crippen molar-refractivity contribution in [2.45, 2.75) is 13.0 Å². The molecule has 1 aromatic carbocycles. The van der Waals surface area contributed by atoms with E-state index in [0.29, 0.717) is 12.2 Å². The molecule has 1 aromatic heterocycles. The summed E-state index contributed by atoms with van der Waals surface area (Å²) in [5.74, 6) is -0.118. The molecule has 0 saturated heterocycles. The second-order valence-corrected chi connectivity index (χ2v) is 4.48. The topological polar surface area (TPSA) is 64.2 Å². The third kappa shape index (κ3) is 2.82. The molecule has 5 heteroatoms. The smallest absolute Gasteiger partial charge is 0.274 e. The van der Waals surface area contributed by atoms with E-state index in [1.807, 2.05) is 37.3 Å². The molecule has 2 rings (SSSR count). The number of hydrogen-bond donors (Lipinski definition) is 1. The van der Waals surface area contributed by atoms with E-state index in [4.69, 9.17) is 5.73 Å². The number of nitrogens with two attached hydrogens (primary N) is 1. The quantitative estimate of drug-likeness (QED) is 0.898. The first-order chi connectivity index (χ1) is 9.13. The van der Waals surface area contributed by atoms with Gasteiger partial charge in [-0.15, -0.1) is 0 Å². The number of nitrogens with zero attached hydrogens (tertiary/aromatic N) is 3. The van der Waals surface area contributed by atoms with Crippen molar-refractivity contribution in [2.75, 3.05) is 13.6 Å². The molecule has 1 atom stereocenters. The Bertz CT molecular complexity index is 550. The van der Waals surface area contributed by atoms with Gasteiger partial charge in [0.1, 0.15) is 0 Å². The van der Waals surface area contributed by atoms with Crippen LogP contribution in [0.5, 0.6) is 0 Å². The molecule has 1 amide bonds. The Hall–Kier alpha value is -2.14. The molecule has 0 saturated carbocycles. The summed E-state index contributed by atoms with van der Waals surface area (Å²) in [5, 5.41) is 4.30. The lowest BCUT2D eigenvalue weighted by molar-refractivity contribution is 0.0742. The fraction of sp³-hybridized carbons (Fsp3) is 0.286. The maximum Gasteiger partial charge on any atom is 0.274 e. The van der Waals surface area contributed by atoms with Gasteiger partial charge in [0.2, 0.25) is 0 Å². The zero-order valence-corrected chi connectivity index (χ0v) is 11.2. The largest absolute Gasteiger partial charge is 0.336 e. The number of likely N-dealkylation sites (N-methyl/N-ethyl adjacent to an activating group) is 1. The van der Waals surface area contributed by atoms with Gasteiger partial charge in [-0.2, -0.15) is 5.10 Å². The van der Waals surface area contributed by atoms with Crippen LogP contribution in [0.2, 0.25) is 0 Å². The summed E-state index contributed by atoms with van der Waals surface area (Å²) < 4.78 is 1.69. The minimum Gasteiger partial charge on any atom is -0.336 e.